The number of nitrogens with zero attached hydrogens (tertiary/aromatic N) is 2. The summed E-state index contributed by atoms with van der Waals surface area (Å²) in [5.74, 6) is 0. The molecule has 3 aromatic rings. The van der Waals surface area contributed by atoms with Crippen LogP contribution in [-0.4, -0.2) is 24.8 Å². The first-order valence-electron chi connectivity index (χ1n) is 8.84. The summed E-state index contributed by atoms with van der Waals surface area (Å²) in [5, 5.41) is 0. The maximum absolute atomic E-state index is 13.6. The Bertz CT molecular complexity index is 970. The average molecular weight is 381 g/mol. The van der Waals surface area contributed by atoms with Crippen molar-refractivity contribution in [2.75, 3.05) is 7.05 Å². The fraction of sp³-hybridized carbons (Fsp3) is 0.227. The highest BCUT2D eigenvalue weighted by Gasteiger charge is 2.33. The van der Waals surface area contributed by atoms with Gasteiger partial charge in [0.05, 0.1) is 16.6 Å². The lowest BCUT2D eigenvalue weighted by Gasteiger charge is -2.29. The molecule has 2 aromatic carbocycles. The average Bonchev–Trinajstić information content (AvgIpc) is 2.62. The monoisotopic (exact) mass is 380 g/mol. The molecule has 0 bridgehead atoms. The summed E-state index contributed by atoms with van der Waals surface area (Å²) in [6, 6.07) is 18.5. The minimum atomic E-state index is -3.72. The van der Waals surface area contributed by atoms with Gasteiger partial charge >= 0.3 is 0 Å². The molecule has 0 N–H and O–H groups in total. The van der Waals surface area contributed by atoms with Crippen LogP contribution >= 0.6 is 0 Å². The number of pyridine rings is 1. The van der Waals surface area contributed by atoms with Crippen LogP contribution in [-0.2, 0) is 10.0 Å². The second-order valence-corrected chi connectivity index (χ2v) is 8.75. The van der Waals surface area contributed by atoms with Crippen molar-refractivity contribution >= 4 is 10.0 Å². The molecule has 0 fully saturated rings. The first kappa shape index (κ1) is 19.3. The fourth-order valence-electron chi connectivity index (χ4n) is 3.60. The number of hydrogen-bond donors (Lipinski definition) is 0. The molecule has 0 aliphatic carbocycles. The molecule has 0 amide bonds. The molecule has 0 aliphatic heterocycles. The highest BCUT2D eigenvalue weighted by atomic mass is 32.2. The molecule has 1 unspecified atom stereocenters. The van der Waals surface area contributed by atoms with E-state index in [1.54, 1.807) is 13.2 Å². The van der Waals surface area contributed by atoms with Crippen LogP contribution in [0.5, 0.6) is 0 Å². The van der Waals surface area contributed by atoms with Crippen LogP contribution in [0.3, 0.4) is 0 Å². The second kappa shape index (κ2) is 7.62. The van der Waals surface area contributed by atoms with E-state index in [4.69, 9.17) is 0 Å². The maximum Gasteiger partial charge on any atom is 0.244 e. The third-order valence-corrected chi connectivity index (χ3v) is 6.82. The van der Waals surface area contributed by atoms with E-state index < -0.39 is 16.1 Å². The Morgan fingerprint density at radius 3 is 2.04 bits per heavy atom. The zero-order valence-corrected chi connectivity index (χ0v) is 16.9. The lowest BCUT2D eigenvalue weighted by atomic mass is 10.0. The zero-order chi connectivity index (χ0) is 19.6. The Morgan fingerprint density at radius 2 is 1.48 bits per heavy atom. The summed E-state index contributed by atoms with van der Waals surface area (Å²) in [5.41, 5.74) is 4.14. The topological polar surface area (TPSA) is 50.3 Å². The van der Waals surface area contributed by atoms with Crippen LogP contribution in [0, 0.1) is 20.8 Å². The fourth-order valence-corrected chi connectivity index (χ4v) is 5.32. The van der Waals surface area contributed by atoms with Crippen LogP contribution in [0.4, 0.5) is 0 Å². The number of aryl methyl sites for hydroxylation is 3. The van der Waals surface area contributed by atoms with Crippen molar-refractivity contribution in [1.29, 1.82) is 0 Å². The Labute approximate surface area is 161 Å². The van der Waals surface area contributed by atoms with Crippen molar-refractivity contribution in [2.24, 2.45) is 0 Å². The van der Waals surface area contributed by atoms with E-state index in [1.165, 1.54) is 4.31 Å². The third kappa shape index (κ3) is 3.80. The third-order valence-electron chi connectivity index (χ3n) is 4.69. The largest absolute Gasteiger partial charge is 0.259 e. The van der Waals surface area contributed by atoms with Gasteiger partial charge in [0, 0.05) is 13.2 Å². The van der Waals surface area contributed by atoms with Crippen LogP contribution in [0.15, 0.2) is 71.8 Å². The van der Waals surface area contributed by atoms with Gasteiger partial charge in [-0.15, -0.1) is 0 Å². The van der Waals surface area contributed by atoms with Gasteiger partial charge in [-0.2, -0.15) is 4.31 Å². The van der Waals surface area contributed by atoms with E-state index in [1.807, 2.05) is 81.4 Å². The second-order valence-electron chi connectivity index (χ2n) is 6.82. The van der Waals surface area contributed by atoms with Gasteiger partial charge in [-0.25, -0.2) is 8.42 Å². The molecule has 1 atom stereocenters. The highest BCUT2D eigenvalue weighted by Crippen LogP contribution is 2.33. The van der Waals surface area contributed by atoms with Crippen molar-refractivity contribution in [1.82, 2.24) is 9.29 Å². The Hall–Kier alpha value is -2.50. The molecule has 1 aromatic heterocycles. The summed E-state index contributed by atoms with van der Waals surface area (Å²) < 4.78 is 28.6. The van der Waals surface area contributed by atoms with Crippen molar-refractivity contribution in [3.63, 3.8) is 0 Å². The standard InChI is InChI=1S/C22H24N2O2S/c1-16-14-17(2)22(18(3)15-16)27(25,26)24(4)21(19-10-6-5-7-11-19)20-12-8-9-13-23-20/h5-15,21H,1-4H3. The van der Waals surface area contributed by atoms with Gasteiger partial charge in [0.2, 0.25) is 10.0 Å². The number of hydrogen-bond acceptors (Lipinski definition) is 3. The number of aromatic nitrogens is 1. The van der Waals surface area contributed by atoms with Gasteiger partial charge in [0.1, 0.15) is 0 Å². The van der Waals surface area contributed by atoms with Gasteiger partial charge in [-0.05, 0) is 49.6 Å². The maximum atomic E-state index is 13.6. The Kier molecular flexibility index (Phi) is 5.44. The van der Waals surface area contributed by atoms with E-state index in [0.29, 0.717) is 10.6 Å². The summed E-state index contributed by atoms with van der Waals surface area (Å²) in [6.07, 6.45) is 1.69. The van der Waals surface area contributed by atoms with E-state index in [0.717, 1.165) is 22.3 Å². The minimum absolute atomic E-state index is 0.368. The molecule has 5 heteroatoms. The predicted molar refractivity (Wildman–Crippen MR) is 108 cm³/mol. The summed E-state index contributed by atoms with van der Waals surface area (Å²) >= 11 is 0. The Morgan fingerprint density at radius 1 is 0.889 bits per heavy atom. The number of sulfonamides is 1. The molecule has 0 radical (unpaired) electrons. The van der Waals surface area contributed by atoms with Crippen molar-refractivity contribution in [3.8, 4) is 0 Å². The van der Waals surface area contributed by atoms with Gasteiger partial charge in [0.25, 0.3) is 0 Å². The van der Waals surface area contributed by atoms with Crippen molar-refractivity contribution in [2.45, 2.75) is 31.7 Å². The van der Waals surface area contributed by atoms with E-state index in [9.17, 15) is 8.42 Å². The summed E-state index contributed by atoms with van der Waals surface area (Å²) in [7, 11) is -2.09. The minimum Gasteiger partial charge on any atom is -0.259 e. The van der Waals surface area contributed by atoms with Crippen LogP contribution in [0.1, 0.15) is 34.0 Å². The smallest absolute Gasteiger partial charge is 0.244 e. The van der Waals surface area contributed by atoms with Crippen LogP contribution < -0.4 is 0 Å². The molecular formula is C22H24N2O2S. The molecule has 27 heavy (non-hydrogen) atoms. The van der Waals surface area contributed by atoms with Crippen molar-refractivity contribution in [3.05, 3.63) is 94.8 Å². The molecule has 1 heterocycles. The van der Waals surface area contributed by atoms with Gasteiger partial charge in [-0.3, -0.25) is 4.98 Å². The summed E-state index contributed by atoms with van der Waals surface area (Å²) in [6.45, 7) is 5.67. The van der Waals surface area contributed by atoms with E-state index >= 15 is 0 Å². The molecule has 4 nitrogen and oxygen atoms in total. The highest BCUT2D eigenvalue weighted by molar-refractivity contribution is 7.89. The SMILES string of the molecule is Cc1cc(C)c(S(=O)(=O)N(C)C(c2ccccc2)c2ccccn2)c(C)c1. The molecule has 3 rings (SSSR count). The molecular weight excluding hydrogens is 356 g/mol. The van der Waals surface area contributed by atoms with E-state index in [-0.39, 0.29) is 0 Å². The summed E-state index contributed by atoms with van der Waals surface area (Å²) in [4.78, 5) is 4.80. The van der Waals surface area contributed by atoms with Gasteiger partial charge in [0.15, 0.2) is 0 Å². The number of rotatable bonds is 5. The lowest BCUT2D eigenvalue weighted by molar-refractivity contribution is 0.411. The molecule has 0 spiro atoms. The van der Waals surface area contributed by atoms with E-state index in [2.05, 4.69) is 4.98 Å². The van der Waals surface area contributed by atoms with Crippen LogP contribution in [0.25, 0.3) is 0 Å². The zero-order valence-electron chi connectivity index (χ0n) is 16.0. The Balaban J connectivity index is 2.16. The number of benzene rings is 2. The van der Waals surface area contributed by atoms with Gasteiger partial charge < -0.3 is 0 Å². The first-order chi connectivity index (χ1) is 12.8. The van der Waals surface area contributed by atoms with Gasteiger partial charge in [-0.1, -0.05) is 54.1 Å². The lowest BCUT2D eigenvalue weighted by Crippen LogP contribution is -2.33. The first-order valence-corrected chi connectivity index (χ1v) is 10.3. The normalized spacial score (nSPS) is 12.9. The van der Waals surface area contributed by atoms with Crippen molar-refractivity contribution < 1.29 is 8.42 Å². The quantitative estimate of drug-likeness (QED) is 0.658. The molecule has 140 valence electrons. The molecule has 0 saturated carbocycles. The molecule has 0 saturated heterocycles. The van der Waals surface area contributed by atoms with Crippen LogP contribution in [0.2, 0.25) is 0 Å². The predicted octanol–water partition coefficient (Wildman–Crippen LogP) is 4.42. The molecule has 0 aliphatic rings.